The SMILES string of the molecule is CC(C)Cn1c(N)c(S(=O)(=O)c2ccccc2)c2nc3ccccc3nc21. The van der Waals surface area contributed by atoms with Crippen molar-refractivity contribution >= 4 is 37.9 Å². The van der Waals surface area contributed by atoms with Crippen LogP contribution in [0.3, 0.4) is 0 Å². The summed E-state index contributed by atoms with van der Waals surface area (Å²) < 4.78 is 28.4. The number of nitrogens with two attached hydrogens (primary N) is 1. The van der Waals surface area contributed by atoms with E-state index in [4.69, 9.17) is 5.73 Å². The highest BCUT2D eigenvalue weighted by molar-refractivity contribution is 7.92. The second-order valence-corrected chi connectivity index (χ2v) is 8.81. The van der Waals surface area contributed by atoms with Crippen LogP contribution >= 0.6 is 0 Å². The van der Waals surface area contributed by atoms with Gasteiger partial charge in [-0.1, -0.05) is 44.2 Å². The van der Waals surface area contributed by atoms with Crippen LogP contribution in [-0.4, -0.2) is 23.0 Å². The van der Waals surface area contributed by atoms with Gasteiger partial charge in [-0.2, -0.15) is 0 Å². The maximum Gasteiger partial charge on any atom is 0.212 e. The van der Waals surface area contributed by atoms with Crippen molar-refractivity contribution in [1.82, 2.24) is 14.5 Å². The molecule has 0 unspecified atom stereocenters. The van der Waals surface area contributed by atoms with E-state index in [0.29, 0.717) is 28.7 Å². The Balaban J connectivity index is 2.11. The molecule has 0 aliphatic heterocycles. The zero-order valence-corrected chi connectivity index (χ0v) is 15.9. The van der Waals surface area contributed by atoms with E-state index in [9.17, 15) is 8.42 Å². The standard InChI is InChI=1S/C20H20N4O2S/c1-13(2)12-24-19(21)18(27(25,26)14-8-4-3-5-9-14)17-20(24)23-16-11-7-6-10-15(16)22-17/h3-11,13H,12,21H2,1-2H3. The number of benzene rings is 2. The molecule has 0 atom stereocenters. The van der Waals surface area contributed by atoms with Crippen LogP contribution < -0.4 is 5.73 Å². The van der Waals surface area contributed by atoms with Gasteiger partial charge in [0, 0.05) is 6.54 Å². The molecule has 138 valence electrons. The Morgan fingerprint density at radius 3 is 2.19 bits per heavy atom. The molecular formula is C20H20N4O2S. The van der Waals surface area contributed by atoms with Crippen molar-refractivity contribution in [3.8, 4) is 0 Å². The van der Waals surface area contributed by atoms with Crippen LogP contribution in [0, 0.1) is 5.92 Å². The molecule has 0 amide bonds. The lowest BCUT2D eigenvalue weighted by Crippen LogP contribution is -2.10. The summed E-state index contributed by atoms with van der Waals surface area (Å²) in [6, 6.07) is 15.7. The Bertz CT molecular complexity index is 1250. The predicted octanol–water partition coefficient (Wildman–Crippen LogP) is 3.66. The molecule has 0 aliphatic rings. The fraction of sp³-hybridized carbons (Fsp3) is 0.200. The highest BCUT2D eigenvalue weighted by Crippen LogP contribution is 2.35. The molecule has 0 spiro atoms. The van der Waals surface area contributed by atoms with Gasteiger partial charge in [0.05, 0.1) is 15.9 Å². The Morgan fingerprint density at radius 1 is 0.963 bits per heavy atom. The fourth-order valence-corrected chi connectivity index (χ4v) is 4.75. The summed E-state index contributed by atoms with van der Waals surface area (Å²) in [5.41, 5.74) is 8.50. The molecule has 2 heterocycles. The number of sulfone groups is 1. The van der Waals surface area contributed by atoms with Gasteiger partial charge in [-0.05, 0) is 30.2 Å². The van der Waals surface area contributed by atoms with E-state index in [-0.39, 0.29) is 21.5 Å². The number of nitrogen functional groups attached to an aromatic ring is 1. The van der Waals surface area contributed by atoms with Crippen molar-refractivity contribution in [2.75, 3.05) is 5.73 Å². The fourth-order valence-electron chi connectivity index (χ4n) is 3.22. The number of fused-ring (bicyclic) bond motifs is 2. The van der Waals surface area contributed by atoms with E-state index >= 15 is 0 Å². The van der Waals surface area contributed by atoms with Crippen LogP contribution in [0.2, 0.25) is 0 Å². The largest absolute Gasteiger partial charge is 0.384 e. The normalized spacial score (nSPS) is 12.3. The molecule has 0 saturated heterocycles. The van der Waals surface area contributed by atoms with Gasteiger partial charge in [-0.15, -0.1) is 0 Å². The van der Waals surface area contributed by atoms with Gasteiger partial charge in [0.1, 0.15) is 16.2 Å². The number of rotatable bonds is 4. The van der Waals surface area contributed by atoms with Gasteiger partial charge < -0.3 is 10.3 Å². The first kappa shape index (κ1) is 17.5. The third kappa shape index (κ3) is 2.84. The van der Waals surface area contributed by atoms with Crippen LogP contribution in [-0.2, 0) is 16.4 Å². The monoisotopic (exact) mass is 380 g/mol. The molecule has 4 rings (SSSR count). The Labute approximate surface area is 157 Å². The van der Waals surface area contributed by atoms with Crippen molar-refractivity contribution in [1.29, 1.82) is 0 Å². The van der Waals surface area contributed by atoms with E-state index in [2.05, 4.69) is 9.97 Å². The molecule has 4 aromatic rings. The average molecular weight is 380 g/mol. The van der Waals surface area contributed by atoms with Gasteiger partial charge in [-0.25, -0.2) is 18.4 Å². The second-order valence-electron chi connectivity index (χ2n) is 6.92. The summed E-state index contributed by atoms with van der Waals surface area (Å²) in [5, 5.41) is 0. The Morgan fingerprint density at radius 2 is 1.56 bits per heavy atom. The summed E-state index contributed by atoms with van der Waals surface area (Å²) in [7, 11) is -3.83. The smallest absolute Gasteiger partial charge is 0.212 e. The molecule has 0 fully saturated rings. The highest BCUT2D eigenvalue weighted by Gasteiger charge is 2.30. The maximum absolute atomic E-state index is 13.3. The molecule has 0 radical (unpaired) electrons. The van der Waals surface area contributed by atoms with Gasteiger partial charge in [0.2, 0.25) is 9.84 Å². The van der Waals surface area contributed by atoms with E-state index in [1.807, 2.05) is 38.1 Å². The lowest BCUT2D eigenvalue weighted by atomic mass is 10.2. The summed E-state index contributed by atoms with van der Waals surface area (Å²) in [6.07, 6.45) is 0. The summed E-state index contributed by atoms with van der Waals surface area (Å²) in [4.78, 5) is 9.51. The van der Waals surface area contributed by atoms with E-state index in [1.165, 1.54) is 0 Å². The average Bonchev–Trinajstić information content (AvgIpc) is 2.92. The van der Waals surface area contributed by atoms with Crippen molar-refractivity contribution in [2.24, 2.45) is 5.92 Å². The van der Waals surface area contributed by atoms with E-state index in [0.717, 1.165) is 0 Å². The summed E-state index contributed by atoms with van der Waals surface area (Å²) in [6.45, 7) is 4.65. The molecule has 7 heteroatoms. The van der Waals surface area contributed by atoms with E-state index in [1.54, 1.807) is 34.9 Å². The minimum Gasteiger partial charge on any atom is -0.384 e. The first-order valence-electron chi connectivity index (χ1n) is 8.74. The topological polar surface area (TPSA) is 90.9 Å². The molecule has 27 heavy (non-hydrogen) atoms. The number of anilines is 1. The van der Waals surface area contributed by atoms with Crippen LogP contribution in [0.1, 0.15) is 13.8 Å². The Kier molecular flexibility index (Phi) is 4.11. The van der Waals surface area contributed by atoms with Crippen LogP contribution in [0.15, 0.2) is 64.4 Å². The first-order chi connectivity index (χ1) is 12.9. The molecule has 6 nitrogen and oxygen atoms in total. The summed E-state index contributed by atoms with van der Waals surface area (Å²) in [5.74, 6) is 0.446. The molecule has 2 N–H and O–H groups in total. The molecule has 0 aliphatic carbocycles. The molecule has 2 aromatic carbocycles. The van der Waals surface area contributed by atoms with Gasteiger partial charge in [-0.3, -0.25) is 0 Å². The van der Waals surface area contributed by atoms with Crippen LogP contribution in [0.4, 0.5) is 5.82 Å². The quantitative estimate of drug-likeness (QED) is 0.583. The van der Waals surface area contributed by atoms with Crippen molar-refractivity contribution in [3.63, 3.8) is 0 Å². The maximum atomic E-state index is 13.3. The highest BCUT2D eigenvalue weighted by atomic mass is 32.2. The number of hydrogen-bond acceptors (Lipinski definition) is 5. The number of aromatic nitrogens is 3. The lowest BCUT2D eigenvalue weighted by molar-refractivity contribution is 0.535. The summed E-state index contributed by atoms with van der Waals surface area (Å²) >= 11 is 0. The third-order valence-corrected chi connectivity index (χ3v) is 6.25. The number of hydrogen-bond donors (Lipinski definition) is 1. The lowest BCUT2D eigenvalue weighted by Gasteiger charge is -2.10. The Hall–Kier alpha value is -2.93. The van der Waals surface area contributed by atoms with Crippen LogP contribution in [0.25, 0.3) is 22.2 Å². The van der Waals surface area contributed by atoms with Gasteiger partial charge >= 0.3 is 0 Å². The number of para-hydroxylation sites is 2. The third-order valence-electron chi connectivity index (χ3n) is 4.42. The molecular weight excluding hydrogens is 360 g/mol. The second kappa shape index (κ2) is 6.35. The van der Waals surface area contributed by atoms with Crippen molar-refractivity contribution in [2.45, 2.75) is 30.2 Å². The van der Waals surface area contributed by atoms with Crippen molar-refractivity contribution in [3.05, 3.63) is 54.6 Å². The molecule has 0 bridgehead atoms. The van der Waals surface area contributed by atoms with Crippen molar-refractivity contribution < 1.29 is 8.42 Å². The van der Waals surface area contributed by atoms with Gasteiger partial charge in [0.15, 0.2) is 5.65 Å². The first-order valence-corrected chi connectivity index (χ1v) is 10.2. The minimum atomic E-state index is -3.83. The minimum absolute atomic E-state index is 0.0302. The zero-order valence-electron chi connectivity index (χ0n) is 15.1. The van der Waals surface area contributed by atoms with Gasteiger partial charge in [0.25, 0.3) is 0 Å². The van der Waals surface area contributed by atoms with E-state index < -0.39 is 9.84 Å². The van der Waals surface area contributed by atoms with Crippen LogP contribution in [0.5, 0.6) is 0 Å². The molecule has 0 saturated carbocycles. The number of nitrogens with zero attached hydrogens (tertiary/aromatic N) is 3. The molecule has 2 aromatic heterocycles. The predicted molar refractivity (Wildman–Crippen MR) is 106 cm³/mol. The zero-order chi connectivity index (χ0) is 19.2.